The molecule has 0 spiro atoms. The number of nitrogens with one attached hydrogen (secondary N) is 1. The molecule has 0 saturated heterocycles. The summed E-state index contributed by atoms with van der Waals surface area (Å²) in [4.78, 5) is 0. The Balaban J connectivity index is 1.82. The maximum absolute atomic E-state index is 13.0. The minimum atomic E-state index is -0.337. The van der Waals surface area contributed by atoms with E-state index in [0.29, 0.717) is 12.1 Å². The van der Waals surface area contributed by atoms with Crippen LogP contribution in [-0.2, 0) is 20.0 Å². The number of hydrogen-bond donors (Lipinski definition) is 2. The van der Waals surface area contributed by atoms with Gasteiger partial charge < -0.3 is 10.4 Å². The summed E-state index contributed by atoms with van der Waals surface area (Å²) in [6.07, 6.45) is 2.60. The number of benzene rings is 1. The molecule has 0 aliphatic heterocycles. The van der Waals surface area contributed by atoms with E-state index in [-0.39, 0.29) is 11.6 Å². The molecule has 0 aliphatic rings. The maximum atomic E-state index is 13.0. The summed E-state index contributed by atoms with van der Waals surface area (Å²) in [5, 5.41) is 16.8. The second kappa shape index (κ2) is 5.64. The lowest BCUT2D eigenvalue weighted by molar-refractivity contribution is 0.461. The first kappa shape index (κ1) is 12.6. The van der Waals surface area contributed by atoms with Crippen molar-refractivity contribution in [1.29, 1.82) is 0 Å². The molecule has 0 amide bonds. The number of aryl methyl sites for hydroxylation is 1. The molecule has 0 atom stereocenters. The largest absolute Gasteiger partial charge is 0.508 e. The molecule has 1 heterocycles. The third-order valence-corrected chi connectivity index (χ3v) is 2.84. The van der Waals surface area contributed by atoms with Gasteiger partial charge in [0.15, 0.2) is 0 Å². The Morgan fingerprint density at radius 1 is 1.39 bits per heavy atom. The minimum Gasteiger partial charge on any atom is -0.508 e. The van der Waals surface area contributed by atoms with E-state index in [1.165, 1.54) is 18.2 Å². The standard InChI is InChI=1S/C13H16FN3O/c1-17-12(5-7-16-17)4-6-15-9-10-8-11(14)2-3-13(10)18/h2-3,5,7-8,15,18H,4,6,9H2,1H3. The van der Waals surface area contributed by atoms with E-state index in [9.17, 15) is 9.50 Å². The second-order valence-electron chi connectivity index (χ2n) is 4.15. The van der Waals surface area contributed by atoms with Crippen LogP contribution in [0.1, 0.15) is 11.3 Å². The van der Waals surface area contributed by atoms with Crippen LogP contribution in [0.3, 0.4) is 0 Å². The Morgan fingerprint density at radius 3 is 2.94 bits per heavy atom. The van der Waals surface area contributed by atoms with Crippen LogP contribution in [-0.4, -0.2) is 21.4 Å². The van der Waals surface area contributed by atoms with Crippen molar-refractivity contribution in [3.8, 4) is 5.75 Å². The molecule has 4 nitrogen and oxygen atoms in total. The van der Waals surface area contributed by atoms with E-state index in [1.54, 1.807) is 6.20 Å². The van der Waals surface area contributed by atoms with Gasteiger partial charge in [-0.1, -0.05) is 0 Å². The van der Waals surface area contributed by atoms with Crippen molar-refractivity contribution in [2.75, 3.05) is 6.54 Å². The van der Waals surface area contributed by atoms with Crippen molar-refractivity contribution in [3.63, 3.8) is 0 Å². The van der Waals surface area contributed by atoms with Gasteiger partial charge in [0.2, 0.25) is 0 Å². The van der Waals surface area contributed by atoms with Gasteiger partial charge in [0.25, 0.3) is 0 Å². The SMILES string of the molecule is Cn1nccc1CCNCc1cc(F)ccc1O. The fourth-order valence-corrected chi connectivity index (χ4v) is 1.78. The lowest BCUT2D eigenvalue weighted by Crippen LogP contribution is -2.18. The van der Waals surface area contributed by atoms with E-state index in [0.717, 1.165) is 18.7 Å². The maximum Gasteiger partial charge on any atom is 0.123 e. The first-order valence-corrected chi connectivity index (χ1v) is 5.82. The second-order valence-corrected chi connectivity index (χ2v) is 4.15. The fraction of sp³-hybridized carbons (Fsp3) is 0.308. The smallest absolute Gasteiger partial charge is 0.123 e. The van der Waals surface area contributed by atoms with Crippen molar-refractivity contribution >= 4 is 0 Å². The van der Waals surface area contributed by atoms with Gasteiger partial charge in [-0.2, -0.15) is 5.10 Å². The van der Waals surface area contributed by atoms with Gasteiger partial charge in [-0.3, -0.25) is 4.68 Å². The summed E-state index contributed by atoms with van der Waals surface area (Å²) < 4.78 is 14.8. The zero-order valence-corrected chi connectivity index (χ0v) is 10.2. The normalized spacial score (nSPS) is 10.8. The zero-order valence-electron chi connectivity index (χ0n) is 10.2. The van der Waals surface area contributed by atoms with Gasteiger partial charge in [-0.15, -0.1) is 0 Å². The number of nitrogens with zero attached hydrogens (tertiary/aromatic N) is 2. The molecular weight excluding hydrogens is 233 g/mol. The molecule has 0 saturated carbocycles. The predicted octanol–water partition coefficient (Wildman–Crippen LogP) is 1.60. The third kappa shape index (κ3) is 3.07. The molecule has 2 aromatic rings. The van der Waals surface area contributed by atoms with E-state index in [2.05, 4.69) is 10.4 Å². The number of aromatic nitrogens is 2. The molecule has 2 N–H and O–H groups in total. The number of halogens is 1. The zero-order chi connectivity index (χ0) is 13.0. The Labute approximate surface area is 105 Å². The number of rotatable bonds is 5. The van der Waals surface area contributed by atoms with Crippen molar-refractivity contribution < 1.29 is 9.50 Å². The molecular formula is C13H16FN3O. The highest BCUT2D eigenvalue weighted by Gasteiger charge is 2.03. The summed E-state index contributed by atoms with van der Waals surface area (Å²) in [5.41, 5.74) is 1.70. The van der Waals surface area contributed by atoms with Crippen LogP contribution >= 0.6 is 0 Å². The quantitative estimate of drug-likeness (QED) is 0.791. The Morgan fingerprint density at radius 2 is 2.22 bits per heavy atom. The average Bonchev–Trinajstić information content (AvgIpc) is 2.75. The Kier molecular flexibility index (Phi) is 3.94. The molecule has 18 heavy (non-hydrogen) atoms. The number of phenolic OH excluding ortho intramolecular Hbond substituents is 1. The number of aromatic hydroxyl groups is 1. The summed E-state index contributed by atoms with van der Waals surface area (Å²) in [6, 6.07) is 5.91. The number of hydrogen-bond acceptors (Lipinski definition) is 3. The Hall–Kier alpha value is -1.88. The molecule has 0 bridgehead atoms. The lowest BCUT2D eigenvalue weighted by atomic mass is 10.2. The third-order valence-electron chi connectivity index (χ3n) is 2.84. The lowest BCUT2D eigenvalue weighted by Gasteiger charge is -2.07. The van der Waals surface area contributed by atoms with Crippen molar-refractivity contribution in [2.24, 2.45) is 7.05 Å². The highest BCUT2D eigenvalue weighted by atomic mass is 19.1. The summed E-state index contributed by atoms with van der Waals surface area (Å²) in [7, 11) is 1.90. The monoisotopic (exact) mass is 249 g/mol. The molecule has 5 heteroatoms. The predicted molar refractivity (Wildman–Crippen MR) is 66.7 cm³/mol. The average molecular weight is 249 g/mol. The van der Waals surface area contributed by atoms with E-state index >= 15 is 0 Å². The van der Waals surface area contributed by atoms with Crippen LogP contribution in [0.4, 0.5) is 4.39 Å². The topological polar surface area (TPSA) is 50.1 Å². The van der Waals surface area contributed by atoms with Crippen molar-refractivity contribution in [2.45, 2.75) is 13.0 Å². The van der Waals surface area contributed by atoms with Crippen LogP contribution in [0.5, 0.6) is 5.75 Å². The highest BCUT2D eigenvalue weighted by molar-refractivity contribution is 5.32. The summed E-state index contributed by atoms with van der Waals surface area (Å²) in [6.45, 7) is 1.19. The molecule has 0 aliphatic carbocycles. The highest BCUT2D eigenvalue weighted by Crippen LogP contribution is 2.17. The minimum absolute atomic E-state index is 0.115. The first-order chi connectivity index (χ1) is 8.66. The van der Waals surface area contributed by atoms with Gasteiger partial charge in [0.1, 0.15) is 11.6 Å². The molecule has 2 rings (SSSR count). The van der Waals surface area contributed by atoms with Gasteiger partial charge in [0.05, 0.1) is 0 Å². The molecule has 96 valence electrons. The van der Waals surface area contributed by atoms with Crippen LogP contribution in [0.2, 0.25) is 0 Å². The molecule has 1 aromatic carbocycles. The van der Waals surface area contributed by atoms with Gasteiger partial charge >= 0.3 is 0 Å². The van der Waals surface area contributed by atoms with Crippen molar-refractivity contribution in [1.82, 2.24) is 15.1 Å². The van der Waals surface area contributed by atoms with Gasteiger partial charge in [-0.05, 0) is 24.3 Å². The van der Waals surface area contributed by atoms with E-state index < -0.39 is 0 Å². The van der Waals surface area contributed by atoms with Crippen LogP contribution < -0.4 is 5.32 Å². The molecule has 1 aromatic heterocycles. The summed E-state index contributed by atoms with van der Waals surface area (Å²) >= 11 is 0. The molecule has 0 unspecified atom stereocenters. The van der Waals surface area contributed by atoms with E-state index in [1.807, 2.05) is 17.8 Å². The van der Waals surface area contributed by atoms with Crippen molar-refractivity contribution in [3.05, 3.63) is 47.5 Å². The van der Waals surface area contributed by atoms with Gasteiger partial charge in [-0.25, -0.2) is 4.39 Å². The van der Waals surface area contributed by atoms with E-state index in [4.69, 9.17) is 0 Å². The van der Waals surface area contributed by atoms with Crippen LogP contribution in [0, 0.1) is 5.82 Å². The van der Waals surface area contributed by atoms with Crippen LogP contribution in [0.25, 0.3) is 0 Å². The molecule has 0 fully saturated rings. The number of phenols is 1. The first-order valence-electron chi connectivity index (χ1n) is 5.82. The van der Waals surface area contributed by atoms with Crippen LogP contribution in [0.15, 0.2) is 30.5 Å². The fourth-order valence-electron chi connectivity index (χ4n) is 1.78. The molecule has 0 radical (unpaired) electrons. The Bertz CT molecular complexity index is 525. The van der Waals surface area contributed by atoms with Gasteiger partial charge in [0, 0.05) is 44.0 Å². The summed E-state index contributed by atoms with van der Waals surface area (Å²) in [5.74, 6) is -0.222.